The lowest BCUT2D eigenvalue weighted by atomic mass is 10.1. The molecule has 0 unspecified atom stereocenters. The smallest absolute Gasteiger partial charge is 0.231 e. The summed E-state index contributed by atoms with van der Waals surface area (Å²) >= 11 is 0. The van der Waals surface area contributed by atoms with Crippen LogP contribution in [0.2, 0.25) is 0 Å². The van der Waals surface area contributed by atoms with Gasteiger partial charge in [-0.1, -0.05) is 91.0 Å². The van der Waals surface area contributed by atoms with E-state index in [1.807, 2.05) is 120 Å². The molecule has 7 heteroatoms. The Bertz CT molecular complexity index is 1830. The van der Waals surface area contributed by atoms with Gasteiger partial charge in [0.05, 0.1) is 10.8 Å². The van der Waals surface area contributed by atoms with Gasteiger partial charge in [-0.15, -0.1) is 4.70 Å². The van der Waals surface area contributed by atoms with Gasteiger partial charge in [0.15, 0.2) is 29.7 Å². The van der Waals surface area contributed by atoms with Gasteiger partial charge in [0.2, 0.25) is 5.71 Å². The van der Waals surface area contributed by atoms with Gasteiger partial charge in [-0.3, -0.25) is 4.98 Å². The van der Waals surface area contributed by atoms with Gasteiger partial charge >= 0.3 is 0 Å². The van der Waals surface area contributed by atoms with Crippen LogP contribution in [0.3, 0.4) is 0 Å². The first-order valence-electron chi connectivity index (χ1n) is 13.3. The normalized spacial score (nSPS) is 12.6. The molecule has 7 nitrogen and oxygen atoms in total. The molecule has 0 spiro atoms. The monoisotopic (exact) mass is 530 g/mol. The summed E-state index contributed by atoms with van der Waals surface area (Å²) in [5.41, 5.74) is 7.62. The summed E-state index contributed by atoms with van der Waals surface area (Å²) in [5.74, 6) is 1.90. The SMILES string of the molecule is c1ccc(-c2nc(-c3ccccc3)nc(-c3ccc(C4=NN=[N+](c5cccc(-c6ccccn6)c5)C4)cc3)n2)cc1. The highest BCUT2D eigenvalue weighted by atomic mass is 15.5. The number of hydrogen-bond donors (Lipinski definition) is 0. The highest BCUT2D eigenvalue weighted by Crippen LogP contribution is 2.27. The molecule has 1 aliphatic heterocycles. The summed E-state index contributed by atoms with van der Waals surface area (Å²) in [6, 6.07) is 42.2. The Kier molecular flexibility index (Phi) is 6.43. The molecule has 0 aliphatic carbocycles. The molecule has 0 fully saturated rings. The maximum Gasteiger partial charge on any atom is 0.231 e. The van der Waals surface area contributed by atoms with Crippen LogP contribution in [-0.2, 0) is 0 Å². The second-order valence-electron chi connectivity index (χ2n) is 9.57. The van der Waals surface area contributed by atoms with E-state index >= 15 is 0 Å². The van der Waals surface area contributed by atoms with E-state index in [9.17, 15) is 0 Å². The summed E-state index contributed by atoms with van der Waals surface area (Å²) in [7, 11) is 0. The van der Waals surface area contributed by atoms with Gasteiger partial charge in [-0.2, -0.15) is 0 Å². The van der Waals surface area contributed by atoms with Gasteiger partial charge in [0.25, 0.3) is 0 Å². The fraction of sp³-hybridized carbons (Fsp3) is 0.0294. The van der Waals surface area contributed by atoms with Crippen molar-refractivity contribution in [1.82, 2.24) is 19.9 Å². The molecule has 0 saturated carbocycles. The standard InChI is InChI=1S/C34H24N7/c1-3-10-25(11-4-1)32-36-33(26-12-5-2-6-13-26)38-34(37-32)27-19-17-24(18-20-27)31-23-41(40-39-31)29-15-9-14-28(22-29)30-16-7-8-21-35-30/h1-22H,23H2/q+1. The number of nitrogens with zero attached hydrogens (tertiary/aromatic N) is 7. The van der Waals surface area contributed by atoms with Crippen LogP contribution in [0.1, 0.15) is 5.56 Å². The third-order valence-electron chi connectivity index (χ3n) is 6.85. The Balaban J connectivity index is 1.15. The van der Waals surface area contributed by atoms with Crippen molar-refractivity contribution < 1.29 is 4.70 Å². The second-order valence-corrected chi connectivity index (χ2v) is 9.57. The topological polar surface area (TPSA) is 79.3 Å². The van der Waals surface area contributed by atoms with Crippen LogP contribution in [0, 0.1) is 0 Å². The maximum atomic E-state index is 4.83. The van der Waals surface area contributed by atoms with Crippen LogP contribution in [0.4, 0.5) is 5.69 Å². The molecular formula is C34H24N7+. The molecule has 0 bridgehead atoms. The Hall–Kier alpha value is -5.69. The predicted molar refractivity (Wildman–Crippen MR) is 160 cm³/mol. The van der Waals surface area contributed by atoms with Crippen molar-refractivity contribution in [1.29, 1.82) is 0 Å². The molecule has 1 aliphatic rings. The molecule has 6 aromatic rings. The van der Waals surface area contributed by atoms with Gasteiger partial charge in [-0.05, 0) is 36.4 Å². The fourth-order valence-electron chi connectivity index (χ4n) is 4.71. The zero-order valence-electron chi connectivity index (χ0n) is 22.0. The number of benzene rings is 4. The summed E-state index contributed by atoms with van der Waals surface area (Å²) in [5, 5.41) is 8.92. The highest BCUT2D eigenvalue weighted by Gasteiger charge is 2.24. The Morgan fingerprint density at radius 3 is 1.66 bits per heavy atom. The Labute approximate surface area is 237 Å². The van der Waals surface area contributed by atoms with Crippen molar-refractivity contribution in [3.05, 3.63) is 139 Å². The quantitative estimate of drug-likeness (QED) is 0.210. The lowest BCUT2D eigenvalue weighted by molar-refractivity contribution is -0.492. The molecule has 0 atom stereocenters. The number of hydrogen-bond acceptors (Lipinski definition) is 6. The van der Waals surface area contributed by atoms with Crippen LogP contribution in [0.5, 0.6) is 0 Å². The van der Waals surface area contributed by atoms with Crippen LogP contribution in [0.15, 0.2) is 144 Å². The minimum Gasteiger partial charge on any atom is -0.256 e. The summed E-state index contributed by atoms with van der Waals surface area (Å²) in [4.78, 5) is 18.9. The molecule has 0 N–H and O–H groups in total. The van der Waals surface area contributed by atoms with E-state index in [1.54, 1.807) is 6.20 Å². The van der Waals surface area contributed by atoms with Gasteiger partial charge in [0, 0.05) is 34.0 Å². The average Bonchev–Trinajstić information content (AvgIpc) is 3.57. The summed E-state index contributed by atoms with van der Waals surface area (Å²) < 4.78 is 1.90. The van der Waals surface area contributed by atoms with Crippen LogP contribution < -0.4 is 0 Å². The molecule has 0 amide bonds. The number of aromatic nitrogens is 4. The first-order valence-corrected chi connectivity index (χ1v) is 13.3. The van der Waals surface area contributed by atoms with Crippen molar-refractivity contribution in [2.24, 2.45) is 10.3 Å². The number of rotatable bonds is 6. The van der Waals surface area contributed by atoms with E-state index < -0.39 is 0 Å². The van der Waals surface area contributed by atoms with Crippen molar-refractivity contribution in [3.63, 3.8) is 0 Å². The van der Waals surface area contributed by atoms with Crippen molar-refractivity contribution in [3.8, 4) is 45.4 Å². The lowest BCUT2D eigenvalue weighted by Gasteiger charge is -2.08. The molecule has 0 radical (unpaired) electrons. The van der Waals surface area contributed by atoms with Gasteiger partial charge in [-0.25, -0.2) is 15.0 Å². The molecule has 3 heterocycles. The highest BCUT2D eigenvalue weighted by molar-refractivity contribution is 6.02. The van der Waals surface area contributed by atoms with E-state index in [2.05, 4.69) is 27.4 Å². The average molecular weight is 531 g/mol. The minimum atomic E-state index is 0.576. The number of pyridine rings is 1. The molecule has 2 aromatic heterocycles. The predicted octanol–water partition coefficient (Wildman–Crippen LogP) is 7.45. The first-order chi connectivity index (χ1) is 20.3. The molecule has 194 valence electrons. The maximum absolute atomic E-state index is 4.83. The summed E-state index contributed by atoms with van der Waals surface area (Å²) in [6.45, 7) is 0.576. The van der Waals surface area contributed by atoms with E-state index in [4.69, 9.17) is 15.0 Å². The zero-order chi connectivity index (χ0) is 27.4. The largest absolute Gasteiger partial charge is 0.256 e. The van der Waals surface area contributed by atoms with Crippen molar-refractivity contribution >= 4 is 11.4 Å². The van der Waals surface area contributed by atoms with Crippen LogP contribution in [0.25, 0.3) is 45.4 Å². The molecule has 7 rings (SSSR count). The van der Waals surface area contributed by atoms with Gasteiger partial charge in [0.1, 0.15) is 5.22 Å². The third kappa shape index (κ3) is 5.16. The van der Waals surface area contributed by atoms with E-state index in [0.29, 0.717) is 24.0 Å². The van der Waals surface area contributed by atoms with Gasteiger partial charge < -0.3 is 0 Å². The second kappa shape index (κ2) is 10.8. The van der Waals surface area contributed by atoms with E-state index in [-0.39, 0.29) is 0 Å². The minimum absolute atomic E-state index is 0.576. The molecular weight excluding hydrogens is 506 g/mol. The first kappa shape index (κ1) is 24.4. The third-order valence-corrected chi connectivity index (χ3v) is 6.85. The molecule has 4 aromatic carbocycles. The van der Waals surface area contributed by atoms with E-state index in [0.717, 1.165) is 44.9 Å². The Morgan fingerprint density at radius 1 is 0.488 bits per heavy atom. The van der Waals surface area contributed by atoms with Crippen molar-refractivity contribution in [2.45, 2.75) is 0 Å². The Morgan fingerprint density at radius 2 is 1.05 bits per heavy atom. The summed E-state index contributed by atoms with van der Waals surface area (Å²) in [6.07, 6.45) is 1.80. The van der Waals surface area contributed by atoms with E-state index in [1.165, 1.54) is 0 Å². The van der Waals surface area contributed by atoms with Crippen molar-refractivity contribution in [2.75, 3.05) is 6.54 Å². The molecule has 41 heavy (non-hydrogen) atoms. The lowest BCUT2D eigenvalue weighted by Crippen LogP contribution is -2.11. The fourth-order valence-corrected chi connectivity index (χ4v) is 4.71. The zero-order valence-corrected chi connectivity index (χ0v) is 22.0. The van der Waals surface area contributed by atoms with Crippen LogP contribution in [-0.4, -0.2) is 36.9 Å². The van der Waals surface area contributed by atoms with Crippen LogP contribution >= 0.6 is 0 Å². The molecule has 0 saturated heterocycles.